The number of carbonyl (C=O) groups is 2. The number of pyridine rings is 1. The van der Waals surface area contributed by atoms with E-state index >= 15 is 0 Å². The fourth-order valence-electron chi connectivity index (χ4n) is 4.14. The van der Waals surface area contributed by atoms with Crippen molar-refractivity contribution < 1.29 is 36.3 Å². The molecule has 0 saturated heterocycles. The molecule has 42 heavy (non-hydrogen) atoms. The Labute approximate surface area is 238 Å². The number of methoxy groups -OCH3 is 1. The van der Waals surface area contributed by atoms with Gasteiger partial charge in [-0.2, -0.15) is 13.2 Å². The number of anilines is 1. The van der Waals surface area contributed by atoms with Gasteiger partial charge in [-0.15, -0.1) is 5.10 Å². The summed E-state index contributed by atoms with van der Waals surface area (Å²) in [6, 6.07) is 5.10. The van der Waals surface area contributed by atoms with E-state index in [9.17, 15) is 36.3 Å². The van der Waals surface area contributed by atoms with Crippen LogP contribution in [-0.2, 0) is 11.0 Å². The highest BCUT2D eigenvalue weighted by Gasteiger charge is 2.35. The second kappa shape index (κ2) is 11.6. The van der Waals surface area contributed by atoms with Gasteiger partial charge in [-0.05, 0) is 30.7 Å². The maximum Gasteiger partial charge on any atom is 0.436 e. The Morgan fingerprint density at radius 2 is 1.81 bits per heavy atom. The van der Waals surface area contributed by atoms with Gasteiger partial charge >= 0.3 is 6.18 Å². The first-order chi connectivity index (χ1) is 19.7. The Morgan fingerprint density at radius 1 is 1.10 bits per heavy atom. The number of nitrogens with zero attached hydrogens (tertiary/aromatic N) is 4. The Hall–Kier alpha value is -4.79. The van der Waals surface area contributed by atoms with Gasteiger partial charge in [0.15, 0.2) is 5.69 Å². The van der Waals surface area contributed by atoms with Gasteiger partial charge in [-0.3, -0.25) is 19.0 Å². The van der Waals surface area contributed by atoms with Gasteiger partial charge in [0.1, 0.15) is 23.4 Å². The van der Waals surface area contributed by atoms with Crippen molar-refractivity contribution in [1.82, 2.24) is 19.6 Å². The molecular weight excluding hydrogens is 591 g/mol. The highest BCUT2D eigenvalue weighted by Crippen LogP contribution is 2.36. The molecule has 0 aliphatic carbocycles. The Balaban J connectivity index is 1.75. The van der Waals surface area contributed by atoms with E-state index in [1.54, 1.807) is 6.92 Å². The fourth-order valence-corrected chi connectivity index (χ4v) is 4.31. The summed E-state index contributed by atoms with van der Waals surface area (Å²) in [4.78, 5) is 37.6. The number of halogens is 6. The van der Waals surface area contributed by atoms with Crippen molar-refractivity contribution in [2.75, 3.05) is 12.4 Å². The Bertz CT molecular complexity index is 1750. The van der Waals surface area contributed by atoms with Gasteiger partial charge in [0.25, 0.3) is 11.5 Å². The van der Waals surface area contributed by atoms with E-state index in [0.717, 1.165) is 15.3 Å². The molecule has 4 aromatic rings. The summed E-state index contributed by atoms with van der Waals surface area (Å²) in [7, 11) is 1.26. The van der Waals surface area contributed by atoms with E-state index in [0.29, 0.717) is 18.3 Å². The van der Waals surface area contributed by atoms with Crippen LogP contribution in [0.2, 0.25) is 5.02 Å². The number of alkyl halides is 3. The smallest absolute Gasteiger partial charge is 0.436 e. The van der Waals surface area contributed by atoms with Crippen LogP contribution in [0.3, 0.4) is 0 Å². The maximum absolute atomic E-state index is 14.5. The van der Waals surface area contributed by atoms with Gasteiger partial charge < -0.3 is 15.8 Å². The van der Waals surface area contributed by atoms with Crippen LogP contribution in [0, 0.1) is 11.6 Å². The highest BCUT2D eigenvalue weighted by molar-refractivity contribution is 6.31. The van der Waals surface area contributed by atoms with E-state index in [1.807, 2.05) is 0 Å². The van der Waals surface area contributed by atoms with Crippen molar-refractivity contribution in [3.63, 3.8) is 0 Å². The van der Waals surface area contributed by atoms with Crippen LogP contribution >= 0.6 is 11.6 Å². The first-order valence-corrected chi connectivity index (χ1v) is 12.3. The monoisotopic (exact) mass is 610 g/mol. The third kappa shape index (κ3) is 5.95. The van der Waals surface area contributed by atoms with Crippen LogP contribution < -0.4 is 21.3 Å². The molecule has 0 spiro atoms. The minimum atomic E-state index is -4.75. The van der Waals surface area contributed by atoms with Crippen molar-refractivity contribution in [3.05, 3.63) is 87.1 Å². The molecule has 10 nitrogen and oxygen atoms in total. The molecule has 0 bridgehead atoms. The third-order valence-electron chi connectivity index (χ3n) is 6.15. The molecular formula is C26H20ClF5N6O4. The molecule has 0 radical (unpaired) electrons. The van der Waals surface area contributed by atoms with Gasteiger partial charge in [0.05, 0.1) is 36.4 Å². The minimum Gasteiger partial charge on any atom is -0.495 e. The van der Waals surface area contributed by atoms with E-state index in [1.165, 1.54) is 31.5 Å². The lowest BCUT2D eigenvalue weighted by atomic mass is 10.0. The molecule has 2 heterocycles. The van der Waals surface area contributed by atoms with Crippen LogP contribution in [-0.4, -0.2) is 38.5 Å². The lowest BCUT2D eigenvalue weighted by molar-refractivity contribution is -0.141. The zero-order valence-electron chi connectivity index (χ0n) is 21.7. The van der Waals surface area contributed by atoms with Crippen molar-refractivity contribution in [2.45, 2.75) is 25.6 Å². The number of hydrogen-bond acceptors (Lipinski definition) is 6. The summed E-state index contributed by atoms with van der Waals surface area (Å²) in [5.74, 6) is -4.39. The lowest BCUT2D eigenvalue weighted by Crippen LogP contribution is -2.33. The van der Waals surface area contributed by atoms with Crippen LogP contribution in [0.5, 0.6) is 5.75 Å². The molecule has 0 fully saturated rings. The number of nitrogens with two attached hydrogens (primary N) is 1. The normalized spacial score (nSPS) is 12.2. The molecule has 0 aliphatic rings. The number of amides is 2. The van der Waals surface area contributed by atoms with Crippen LogP contribution in [0.15, 0.2) is 53.6 Å². The molecule has 220 valence electrons. The first kappa shape index (κ1) is 30.2. The second-order valence-electron chi connectivity index (χ2n) is 8.80. The van der Waals surface area contributed by atoms with Crippen molar-refractivity contribution in [2.24, 2.45) is 5.73 Å². The molecule has 2 amide bonds. The number of hydrogen-bond donors (Lipinski definition) is 2. The van der Waals surface area contributed by atoms with Crippen molar-refractivity contribution in [1.29, 1.82) is 0 Å². The number of rotatable bonds is 8. The summed E-state index contributed by atoms with van der Waals surface area (Å²) >= 11 is 6.16. The van der Waals surface area contributed by atoms with E-state index in [2.05, 4.69) is 15.6 Å². The minimum absolute atomic E-state index is 0.0132. The average Bonchev–Trinajstić information content (AvgIpc) is 3.42. The van der Waals surface area contributed by atoms with Crippen LogP contribution in [0.25, 0.3) is 16.8 Å². The maximum atomic E-state index is 14.5. The number of aromatic nitrogens is 4. The summed E-state index contributed by atoms with van der Waals surface area (Å²) < 4.78 is 75.3. The molecule has 3 N–H and O–H groups in total. The topological polar surface area (TPSA) is 134 Å². The van der Waals surface area contributed by atoms with E-state index < -0.39 is 58.2 Å². The summed E-state index contributed by atoms with van der Waals surface area (Å²) in [5, 5.41) is 9.06. The molecule has 0 saturated carbocycles. The number of nitrogens with one attached hydrogen (secondary N) is 1. The molecule has 0 aliphatic heterocycles. The van der Waals surface area contributed by atoms with Gasteiger partial charge in [-0.1, -0.05) is 23.7 Å². The summed E-state index contributed by atoms with van der Waals surface area (Å²) in [5.41, 5.74) is 2.05. The third-order valence-corrected chi connectivity index (χ3v) is 6.38. The van der Waals surface area contributed by atoms with Crippen molar-refractivity contribution >= 4 is 29.1 Å². The standard InChI is InChI=1S/C26H20ClF5N6O4/c1-3-19(25(41)34-18-9-16(28)15(24(33)40)7-17(18)29)37-10-21(42-2)14(8-23(37)39)13-6-12(27)4-5-20(13)38-11-22(35-36-38)26(30,31)32/h4-11,19H,3H2,1-2H3,(H2,33,40)(H,34,41)/t19-/m0/s1. The molecule has 0 unspecified atom stereocenters. The number of ether oxygens (including phenoxy) is 1. The predicted octanol–water partition coefficient (Wildman–Crippen LogP) is 4.74. The zero-order valence-corrected chi connectivity index (χ0v) is 22.4. The zero-order chi connectivity index (χ0) is 30.9. The quantitative estimate of drug-likeness (QED) is 0.277. The largest absolute Gasteiger partial charge is 0.495 e. The van der Waals surface area contributed by atoms with Gasteiger partial charge in [0, 0.05) is 28.3 Å². The van der Waals surface area contributed by atoms with Gasteiger partial charge in [-0.25, -0.2) is 13.5 Å². The first-order valence-electron chi connectivity index (χ1n) is 11.9. The SMILES string of the molecule is CC[C@@H](C(=O)Nc1cc(F)c(C(N)=O)cc1F)n1cc(OC)c(-c2cc(Cl)ccc2-n2cc(C(F)(F)F)nn2)cc1=O. The van der Waals surface area contributed by atoms with Crippen LogP contribution in [0.4, 0.5) is 27.6 Å². The Morgan fingerprint density at radius 3 is 2.40 bits per heavy atom. The van der Waals surface area contributed by atoms with Gasteiger partial charge in [0.2, 0.25) is 5.91 Å². The molecule has 2 aromatic heterocycles. The van der Waals surface area contributed by atoms with Crippen LogP contribution in [0.1, 0.15) is 35.4 Å². The number of benzene rings is 2. The average molecular weight is 611 g/mol. The highest BCUT2D eigenvalue weighted by atomic mass is 35.5. The number of carbonyl (C=O) groups excluding carboxylic acids is 2. The molecule has 2 aromatic carbocycles. The Kier molecular flexibility index (Phi) is 8.33. The number of primary amides is 1. The molecule has 4 rings (SSSR count). The second-order valence-corrected chi connectivity index (χ2v) is 9.23. The molecule has 16 heteroatoms. The summed E-state index contributed by atoms with van der Waals surface area (Å²) in [6.45, 7) is 1.56. The fraction of sp³-hybridized carbons (Fsp3) is 0.192. The molecule has 1 atom stereocenters. The van der Waals surface area contributed by atoms with E-state index in [4.69, 9.17) is 22.1 Å². The lowest BCUT2D eigenvalue weighted by Gasteiger charge is -2.21. The van der Waals surface area contributed by atoms with E-state index in [-0.39, 0.29) is 34.0 Å². The van der Waals surface area contributed by atoms with Crippen molar-refractivity contribution in [3.8, 4) is 22.6 Å². The summed E-state index contributed by atoms with van der Waals surface area (Å²) in [6.07, 6.45) is -2.89. The predicted molar refractivity (Wildman–Crippen MR) is 140 cm³/mol.